The van der Waals surface area contributed by atoms with Gasteiger partial charge in [-0.15, -0.1) is 11.3 Å². The Morgan fingerprint density at radius 3 is 2.76 bits per heavy atom. The fraction of sp³-hybridized carbons (Fsp3) is 0.615. The first-order chi connectivity index (χ1) is 8.00. The molecule has 0 aromatic carbocycles. The van der Waals surface area contributed by atoms with Gasteiger partial charge < -0.3 is 5.11 Å². The summed E-state index contributed by atoms with van der Waals surface area (Å²) in [7, 11) is 0. The van der Waals surface area contributed by atoms with Gasteiger partial charge in [-0.3, -0.25) is 9.69 Å². The molecule has 0 amide bonds. The number of hydrogen-bond acceptors (Lipinski definition) is 3. The number of carboxylic acid groups (broad SMARTS) is 1. The lowest BCUT2D eigenvalue weighted by Gasteiger charge is -2.28. The van der Waals surface area contributed by atoms with Crippen molar-refractivity contribution in [2.24, 2.45) is 5.92 Å². The summed E-state index contributed by atoms with van der Waals surface area (Å²) in [4.78, 5) is 16.1. The predicted molar refractivity (Wildman–Crippen MR) is 69.4 cm³/mol. The number of aryl methyl sites for hydroxylation is 1. The van der Waals surface area contributed by atoms with E-state index in [4.69, 9.17) is 5.11 Å². The van der Waals surface area contributed by atoms with Crippen LogP contribution in [0.2, 0.25) is 0 Å². The van der Waals surface area contributed by atoms with Gasteiger partial charge in [0.25, 0.3) is 0 Å². The van der Waals surface area contributed by atoms with Crippen LogP contribution in [0.1, 0.15) is 36.1 Å². The summed E-state index contributed by atoms with van der Waals surface area (Å²) in [6, 6.07) is 4.75. The van der Waals surface area contributed by atoms with Crippen LogP contribution in [-0.2, 0) is 4.79 Å². The maximum Gasteiger partial charge on any atom is 0.308 e. The highest BCUT2D eigenvalue weighted by Gasteiger charge is 2.38. The molecule has 0 aliphatic carbocycles. The van der Waals surface area contributed by atoms with Crippen molar-refractivity contribution in [3.05, 3.63) is 21.9 Å². The number of aliphatic carboxylic acids is 1. The number of carbonyl (C=O) groups is 1. The Morgan fingerprint density at radius 1 is 1.59 bits per heavy atom. The van der Waals surface area contributed by atoms with Crippen molar-refractivity contribution in [1.29, 1.82) is 0 Å². The lowest BCUT2D eigenvalue weighted by atomic mass is 10.0. The number of nitrogens with zero attached hydrogens (tertiary/aromatic N) is 1. The van der Waals surface area contributed by atoms with E-state index in [2.05, 4.69) is 30.9 Å². The normalized spacial score (nSPS) is 27.2. The van der Waals surface area contributed by atoms with Crippen LogP contribution in [0.15, 0.2) is 12.1 Å². The Balaban J connectivity index is 2.11. The zero-order valence-electron chi connectivity index (χ0n) is 10.5. The van der Waals surface area contributed by atoms with Gasteiger partial charge in [-0.25, -0.2) is 0 Å². The van der Waals surface area contributed by atoms with Crippen LogP contribution in [0.5, 0.6) is 0 Å². The van der Waals surface area contributed by atoms with E-state index >= 15 is 0 Å². The molecule has 1 aliphatic rings. The molecule has 1 N–H and O–H groups in total. The van der Waals surface area contributed by atoms with Crippen molar-refractivity contribution in [2.45, 2.75) is 39.3 Å². The summed E-state index contributed by atoms with van der Waals surface area (Å²) in [5.41, 5.74) is 0. The van der Waals surface area contributed by atoms with E-state index in [0.29, 0.717) is 6.04 Å². The second kappa shape index (κ2) is 4.78. The van der Waals surface area contributed by atoms with Gasteiger partial charge in [-0.1, -0.05) is 0 Å². The second-order valence-electron chi connectivity index (χ2n) is 4.84. The second-order valence-corrected chi connectivity index (χ2v) is 6.16. The van der Waals surface area contributed by atoms with Crippen molar-refractivity contribution in [3.8, 4) is 0 Å². The standard InChI is InChI=1S/C13H19NO2S/c1-8-4-5-12(17-8)10(3)14-7-6-11(9(14)2)13(15)16/h4-5,9-11H,6-7H2,1-3H3,(H,15,16). The smallest absolute Gasteiger partial charge is 0.308 e. The first-order valence-corrected chi connectivity index (χ1v) is 6.87. The van der Waals surface area contributed by atoms with Gasteiger partial charge in [0.1, 0.15) is 0 Å². The molecular weight excluding hydrogens is 234 g/mol. The van der Waals surface area contributed by atoms with E-state index in [1.165, 1.54) is 9.75 Å². The van der Waals surface area contributed by atoms with Crippen LogP contribution in [0.25, 0.3) is 0 Å². The van der Waals surface area contributed by atoms with Crippen molar-refractivity contribution in [3.63, 3.8) is 0 Å². The van der Waals surface area contributed by atoms with Gasteiger partial charge >= 0.3 is 5.97 Å². The molecule has 3 nitrogen and oxygen atoms in total. The largest absolute Gasteiger partial charge is 0.481 e. The minimum atomic E-state index is -0.658. The number of thiophene rings is 1. The lowest BCUT2D eigenvalue weighted by Crippen LogP contribution is -2.34. The molecule has 0 saturated carbocycles. The first-order valence-electron chi connectivity index (χ1n) is 6.05. The number of carboxylic acids is 1. The molecule has 0 radical (unpaired) electrons. The van der Waals surface area contributed by atoms with Gasteiger partial charge in [0.05, 0.1) is 5.92 Å². The zero-order valence-corrected chi connectivity index (χ0v) is 11.3. The molecule has 3 unspecified atom stereocenters. The molecule has 1 fully saturated rings. The summed E-state index contributed by atoms with van der Waals surface area (Å²) in [6.07, 6.45) is 0.769. The Labute approximate surface area is 106 Å². The fourth-order valence-electron chi connectivity index (χ4n) is 2.68. The average Bonchev–Trinajstić information content (AvgIpc) is 2.83. The summed E-state index contributed by atoms with van der Waals surface area (Å²) >= 11 is 1.81. The minimum Gasteiger partial charge on any atom is -0.481 e. The molecule has 0 spiro atoms. The Kier molecular flexibility index (Phi) is 3.54. The van der Waals surface area contributed by atoms with Crippen LogP contribution < -0.4 is 0 Å². The average molecular weight is 253 g/mol. The van der Waals surface area contributed by atoms with Crippen molar-refractivity contribution in [1.82, 2.24) is 4.90 Å². The molecule has 94 valence electrons. The molecule has 1 aromatic heterocycles. The number of likely N-dealkylation sites (tertiary alicyclic amines) is 1. The third-order valence-electron chi connectivity index (χ3n) is 3.79. The maximum atomic E-state index is 11.1. The van der Waals surface area contributed by atoms with Gasteiger partial charge in [0.15, 0.2) is 0 Å². The summed E-state index contributed by atoms with van der Waals surface area (Å²) in [6.45, 7) is 7.19. The number of rotatable bonds is 3. The molecule has 1 aliphatic heterocycles. The maximum absolute atomic E-state index is 11.1. The topological polar surface area (TPSA) is 40.5 Å². The Morgan fingerprint density at radius 2 is 2.29 bits per heavy atom. The van der Waals surface area contributed by atoms with Crippen LogP contribution in [0.3, 0.4) is 0 Å². The molecule has 4 heteroatoms. The van der Waals surface area contributed by atoms with E-state index < -0.39 is 5.97 Å². The van der Waals surface area contributed by atoms with Crippen molar-refractivity contribution >= 4 is 17.3 Å². The van der Waals surface area contributed by atoms with Crippen LogP contribution in [0, 0.1) is 12.8 Å². The van der Waals surface area contributed by atoms with E-state index in [9.17, 15) is 4.79 Å². The van der Waals surface area contributed by atoms with Gasteiger partial charge in [0.2, 0.25) is 0 Å². The van der Waals surface area contributed by atoms with E-state index in [1.807, 2.05) is 6.92 Å². The Bertz CT molecular complexity index is 415. The number of hydrogen-bond donors (Lipinski definition) is 1. The van der Waals surface area contributed by atoms with E-state index in [1.54, 1.807) is 11.3 Å². The van der Waals surface area contributed by atoms with Gasteiger partial charge in [-0.2, -0.15) is 0 Å². The minimum absolute atomic E-state index is 0.130. The molecule has 1 aromatic rings. The van der Waals surface area contributed by atoms with Crippen LogP contribution in [0.4, 0.5) is 0 Å². The molecule has 1 saturated heterocycles. The first kappa shape index (κ1) is 12.6. The van der Waals surface area contributed by atoms with E-state index in [-0.39, 0.29) is 12.0 Å². The Hall–Kier alpha value is -0.870. The molecule has 2 rings (SSSR count). The quantitative estimate of drug-likeness (QED) is 0.900. The zero-order chi connectivity index (χ0) is 12.6. The summed E-state index contributed by atoms with van der Waals surface area (Å²) in [5, 5.41) is 9.13. The SMILES string of the molecule is Cc1ccc(C(C)N2CCC(C(=O)O)C2C)s1. The molecular formula is C13H19NO2S. The highest BCUT2D eigenvalue weighted by Crippen LogP contribution is 2.35. The van der Waals surface area contributed by atoms with Crippen LogP contribution in [-0.4, -0.2) is 28.6 Å². The van der Waals surface area contributed by atoms with Gasteiger partial charge in [0, 0.05) is 21.8 Å². The van der Waals surface area contributed by atoms with Crippen molar-refractivity contribution < 1.29 is 9.90 Å². The highest BCUT2D eigenvalue weighted by molar-refractivity contribution is 7.12. The monoisotopic (exact) mass is 253 g/mol. The molecule has 2 heterocycles. The summed E-state index contributed by atoms with van der Waals surface area (Å²) < 4.78 is 0. The molecule has 17 heavy (non-hydrogen) atoms. The predicted octanol–water partition coefficient (Wildman–Crippen LogP) is 2.91. The van der Waals surface area contributed by atoms with Crippen LogP contribution >= 0.6 is 11.3 Å². The third-order valence-corrected chi connectivity index (χ3v) is 4.96. The highest BCUT2D eigenvalue weighted by atomic mass is 32.1. The summed E-state index contributed by atoms with van der Waals surface area (Å²) in [5.74, 6) is -0.868. The molecule has 3 atom stereocenters. The molecule has 0 bridgehead atoms. The lowest BCUT2D eigenvalue weighted by molar-refractivity contribution is -0.142. The van der Waals surface area contributed by atoms with Gasteiger partial charge in [-0.05, 0) is 45.9 Å². The van der Waals surface area contributed by atoms with Crippen molar-refractivity contribution in [2.75, 3.05) is 6.54 Å². The van der Waals surface area contributed by atoms with E-state index in [0.717, 1.165) is 13.0 Å². The third kappa shape index (κ3) is 2.38. The fourth-order valence-corrected chi connectivity index (χ4v) is 3.63.